The number of alkyl halides is 1. The van der Waals surface area contributed by atoms with Gasteiger partial charge < -0.3 is 11.1 Å². The van der Waals surface area contributed by atoms with Crippen molar-refractivity contribution in [2.75, 3.05) is 11.2 Å². The van der Waals surface area contributed by atoms with E-state index in [2.05, 4.69) is 20.5 Å². The summed E-state index contributed by atoms with van der Waals surface area (Å²) in [5, 5.41) is 10.5. The van der Waals surface area contributed by atoms with Crippen molar-refractivity contribution >= 4 is 40.6 Å². The molecule has 22 heavy (non-hydrogen) atoms. The van der Waals surface area contributed by atoms with Crippen LogP contribution in [0.25, 0.3) is 0 Å². The van der Waals surface area contributed by atoms with E-state index >= 15 is 0 Å². The quantitative estimate of drug-likeness (QED) is 0.597. The van der Waals surface area contributed by atoms with Crippen molar-refractivity contribution in [2.45, 2.75) is 19.3 Å². The van der Waals surface area contributed by atoms with E-state index in [1.165, 1.54) is 6.07 Å². The average molecular weight is 340 g/mol. The lowest BCUT2D eigenvalue weighted by atomic mass is 10.2. The SMILES string of the molecule is NC(=O)c1nnc(Cl)cc1Nc1cccc(CCCCCl)n1. The van der Waals surface area contributed by atoms with E-state index in [-0.39, 0.29) is 10.8 Å². The molecular weight excluding hydrogens is 325 g/mol. The van der Waals surface area contributed by atoms with Crippen LogP contribution in [-0.4, -0.2) is 27.0 Å². The van der Waals surface area contributed by atoms with E-state index in [9.17, 15) is 4.79 Å². The molecule has 2 aromatic heterocycles. The van der Waals surface area contributed by atoms with Crippen LogP contribution in [0, 0.1) is 0 Å². The number of unbranched alkanes of at least 4 members (excludes halogenated alkanes) is 1. The summed E-state index contributed by atoms with van der Waals surface area (Å²) < 4.78 is 0. The van der Waals surface area contributed by atoms with Crippen LogP contribution in [0.15, 0.2) is 24.3 Å². The van der Waals surface area contributed by atoms with Gasteiger partial charge in [-0.25, -0.2) is 4.98 Å². The largest absolute Gasteiger partial charge is 0.364 e. The van der Waals surface area contributed by atoms with Gasteiger partial charge >= 0.3 is 0 Å². The van der Waals surface area contributed by atoms with Gasteiger partial charge in [0.25, 0.3) is 5.91 Å². The number of hydrogen-bond donors (Lipinski definition) is 2. The number of nitrogens with one attached hydrogen (secondary N) is 1. The van der Waals surface area contributed by atoms with Gasteiger partial charge in [0.05, 0.1) is 5.69 Å². The van der Waals surface area contributed by atoms with E-state index < -0.39 is 5.91 Å². The second-order valence-electron chi connectivity index (χ2n) is 4.58. The number of nitrogens with two attached hydrogens (primary N) is 1. The zero-order valence-electron chi connectivity index (χ0n) is 11.7. The molecular formula is C14H15Cl2N5O. The molecule has 0 aromatic carbocycles. The molecule has 6 nitrogen and oxygen atoms in total. The lowest BCUT2D eigenvalue weighted by Gasteiger charge is -2.09. The molecule has 0 fully saturated rings. The van der Waals surface area contributed by atoms with E-state index in [4.69, 9.17) is 28.9 Å². The van der Waals surface area contributed by atoms with Crippen molar-refractivity contribution in [3.8, 4) is 0 Å². The molecule has 0 atom stereocenters. The summed E-state index contributed by atoms with van der Waals surface area (Å²) in [7, 11) is 0. The van der Waals surface area contributed by atoms with Gasteiger partial charge in [-0.3, -0.25) is 4.79 Å². The summed E-state index contributed by atoms with van der Waals surface area (Å²) >= 11 is 11.5. The maximum atomic E-state index is 11.4. The number of pyridine rings is 1. The van der Waals surface area contributed by atoms with Gasteiger partial charge in [-0.15, -0.1) is 21.8 Å². The first-order valence-corrected chi connectivity index (χ1v) is 7.63. The molecule has 2 heterocycles. The Balaban J connectivity index is 2.18. The van der Waals surface area contributed by atoms with Crippen LogP contribution < -0.4 is 11.1 Å². The van der Waals surface area contributed by atoms with Gasteiger partial charge in [-0.1, -0.05) is 17.7 Å². The van der Waals surface area contributed by atoms with Crippen LogP contribution in [0.4, 0.5) is 11.5 Å². The van der Waals surface area contributed by atoms with Gasteiger partial charge in [-0.05, 0) is 31.4 Å². The van der Waals surface area contributed by atoms with Crippen molar-refractivity contribution < 1.29 is 4.79 Å². The third kappa shape index (κ3) is 4.54. The van der Waals surface area contributed by atoms with Crippen molar-refractivity contribution in [3.05, 3.63) is 40.8 Å². The summed E-state index contributed by atoms with van der Waals surface area (Å²) in [4.78, 5) is 15.8. The second-order valence-corrected chi connectivity index (χ2v) is 5.34. The number of primary amides is 1. The number of rotatable bonds is 7. The van der Waals surface area contributed by atoms with E-state index in [0.717, 1.165) is 25.0 Å². The summed E-state index contributed by atoms with van der Waals surface area (Å²) in [5.41, 5.74) is 6.59. The van der Waals surface area contributed by atoms with Crippen LogP contribution in [0.2, 0.25) is 5.15 Å². The molecule has 8 heteroatoms. The van der Waals surface area contributed by atoms with Gasteiger partial charge in [0, 0.05) is 17.6 Å². The number of carbonyl (C=O) groups is 1. The summed E-state index contributed by atoms with van der Waals surface area (Å²) in [6, 6.07) is 7.08. The first-order chi connectivity index (χ1) is 10.6. The number of carbonyl (C=O) groups excluding carboxylic acids is 1. The molecule has 0 spiro atoms. The first-order valence-electron chi connectivity index (χ1n) is 6.72. The van der Waals surface area contributed by atoms with E-state index in [1.807, 2.05) is 12.1 Å². The minimum absolute atomic E-state index is 0.0127. The zero-order valence-corrected chi connectivity index (χ0v) is 13.2. The van der Waals surface area contributed by atoms with Gasteiger partial charge in [0.15, 0.2) is 10.8 Å². The first kappa shape index (κ1) is 16.5. The van der Waals surface area contributed by atoms with Crippen LogP contribution in [0.5, 0.6) is 0 Å². The molecule has 0 bridgehead atoms. The molecule has 1 amide bonds. The molecule has 0 unspecified atom stereocenters. The Morgan fingerprint density at radius 2 is 2.09 bits per heavy atom. The number of aryl methyl sites for hydroxylation is 1. The predicted molar refractivity (Wildman–Crippen MR) is 86.7 cm³/mol. The fraction of sp³-hybridized carbons (Fsp3) is 0.286. The van der Waals surface area contributed by atoms with Crippen LogP contribution >= 0.6 is 23.2 Å². The number of nitrogens with zero attached hydrogens (tertiary/aromatic N) is 3. The Morgan fingerprint density at radius 3 is 2.82 bits per heavy atom. The number of halogens is 2. The summed E-state index contributed by atoms with van der Waals surface area (Å²) in [6.45, 7) is 0. The number of amides is 1. The molecule has 0 aliphatic rings. The molecule has 3 N–H and O–H groups in total. The Bertz CT molecular complexity index is 665. The Hall–Kier alpha value is -1.92. The molecule has 0 saturated carbocycles. The van der Waals surface area contributed by atoms with Gasteiger partial charge in [0.2, 0.25) is 0 Å². The maximum Gasteiger partial charge on any atom is 0.271 e. The molecule has 0 aliphatic heterocycles. The smallest absolute Gasteiger partial charge is 0.271 e. The lowest BCUT2D eigenvalue weighted by molar-refractivity contribution is 0.0995. The van der Waals surface area contributed by atoms with Crippen molar-refractivity contribution in [3.63, 3.8) is 0 Å². The third-order valence-corrected chi connectivity index (χ3v) is 3.34. The molecule has 0 aliphatic carbocycles. The highest BCUT2D eigenvalue weighted by Gasteiger charge is 2.12. The normalized spacial score (nSPS) is 10.5. The minimum atomic E-state index is -0.690. The minimum Gasteiger partial charge on any atom is -0.364 e. The van der Waals surface area contributed by atoms with Gasteiger partial charge in [0.1, 0.15) is 5.82 Å². The van der Waals surface area contributed by atoms with E-state index in [0.29, 0.717) is 17.4 Å². The van der Waals surface area contributed by atoms with Gasteiger partial charge in [-0.2, -0.15) is 0 Å². The monoisotopic (exact) mass is 339 g/mol. The molecule has 0 saturated heterocycles. The van der Waals surface area contributed by atoms with E-state index in [1.54, 1.807) is 6.07 Å². The van der Waals surface area contributed by atoms with Crippen LogP contribution in [0.1, 0.15) is 29.0 Å². The molecule has 0 radical (unpaired) electrons. The Morgan fingerprint density at radius 1 is 1.27 bits per heavy atom. The van der Waals surface area contributed by atoms with Crippen LogP contribution in [-0.2, 0) is 6.42 Å². The Kier molecular flexibility index (Phi) is 5.91. The highest BCUT2D eigenvalue weighted by atomic mass is 35.5. The number of hydrogen-bond acceptors (Lipinski definition) is 5. The fourth-order valence-electron chi connectivity index (χ4n) is 1.87. The molecule has 116 valence electrons. The van der Waals surface area contributed by atoms with Crippen LogP contribution in [0.3, 0.4) is 0 Å². The van der Waals surface area contributed by atoms with Crippen molar-refractivity contribution in [2.24, 2.45) is 5.73 Å². The Labute approximate surface area is 138 Å². The summed E-state index contributed by atoms with van der Waals surface area (Å²) in [6.07, 6.45) is 2.74. The topological polar surface area (TPSA) is 93.8 Å². The zero-order chi connectivity index (χ0) is 15.9. The number of aromatic nitrogens is 3. The lowest BCUT2D eigenvalue weighted by Crippen LogP contribution is -2.16. The fourth-order valence-corrected chi connectivity index (χ4v) is 2.21. The summed E-state index contributed by atoms with van der Waals surface area (Å²) in [5.74, 6) is 0.529. The third-order valence-electron chi connectivity index (χ3n) is 2.88. The maximum absolute atomic E-state index is 11.4. The molecule has 2 aromatic rings. The van der Waals surface area contributed by atoms with Crippen molar-refractivity contribution in [1.29, 1.82) is 0 Å². The average Bonchev–Trinajstić information content (AvgIpc) is 2.48. The predicted octanol–water partition coefficient (Wildman–Crippen LogP) is 2.93. The highest BCUT2D eigenvalue weighted by molar-refractivity contribution is 6.29. The second kappa shape index (κ2) is 7.91. The standard InChI is InChI=1S/C14H15Cl2N5O/c15-7-2-1-4-9-5-3-6-12(18-9)19-10-8-11(16)20-21-13(10)14(17)22/h3,5-6,8H,1-2,4,7H2,(H2,17,22)(H,18,19,20). The highest BCUT2D eigenvalue weighted by Crippen LogP contribution is 2.20. The molecule has 2 rings (SSSR count). The van der Waals surface area contributed by atoms with Crippen molar-refractivity contribution in [1.82, 2.24) is 15.2 Å². The number of anilines is 2.